The van der Waals surface area contributed by atoms with Crippen LogP contribution < -0.4 is 4.74 Å². The summed E-state index contributed by atoms with van der Waals surface area (Å²) in [5.41, 5.74) is 1.48. The van der Waals surface area contributed by atoms with Crippen molar-refractivity contribution >= 4 is 0 Å². The fourth-order valence-electron chi connectivity index (χ4n) is 4.44. The molecule has 1 atom stereocenters. The zero-order valence-electron chi connectivity index (χ0n) is 15.4. The van der Waals surface area contributed by atoms with Crippen molar-refractivity contribution in [2.45, 2.75) is 19.4 Å². The number of likely N-dealkylation sites (tertiary alicyclic amines) is 1. The Morgan fingerprint density at radius 3 is 2.56 bits per heavy atom. The SMILES string of the molecule is Fc1ccc(OCC2CN(Cc3ccccc3)CC23CCOCC3)cc1F. The van der Waals surface area contributed by atoms with Crippen LogP contribution in [0.5, 0.6) is 5.75 Å². The first-order valence-electron chi connectivity index (χ1n) is 9.56. The fourth-order valence-corrected chi connectivity index (χ4v) is 4.44. The molecule has 3 nitrogen and oxygen atoms in total. The number of ether oxygens (including phenoxy) is 2. The third-order valence-electron chi connectivity index (χ3n) is 5.96. The third-order valence-corrected chi connectivity index (χ3v) is 5.96. The molecular formula is C22H25F2NO2. The van der Waals surface area contributed by atoms with E-state index < -0.39 is 11.6 Å². The Labute approximate surface area is 158 Å². The second-order valence-corrected chi connectivity index (χ2v) is 7.71. The molecule has 0 aliphatic carbocycles. The van der Waals surface area contributed by atoms with Gasteiger partial charge < -0.3 is 9.47 Å². The molecule has 1 unspecified atom stereocenters. The van der Waals surface area contributed by atoms with Crippen molar-refractivity contribution in [3.8, 4) is 5.75 Å². The summed E-state index contributed by atoms with van der Waals surface area (Å²) >= 11 is 0. The Bertz CT molecular complexity index is 762. The van der Waals surface area contributed by atoms with E-state index in [1.54, 1.807) is 0 Å². The summed E-state index contributed by atoms with van der Waals surface area (Å²) in [4.78, 5) is 2.49. The average molecular weight is 373 g/mol. The topological polar surface area (TPSA) is 21.7 Å². The van der Waals surface area contributed by atoms with Gasteiger partial charge in [0.1, 0.15) is 5.75 Å². The van der Waals surface area contributed by atoms with E-state index in [-0.39, 0.29) is 5.41 Å². The van der Waals surface area contributed by atoms with Gasteiger partial charge in [-0.05, 0) is 36.0 Å². The van der Waals surface area contributed by atoms with Crippen LogP contribution in [0, 0.1) is 23.0 Å². The van der Waals surface area contributed by atoms with Gasteiger partial charge in [0.05, 0.1) is 6.61 Å². The summed E-state index contributed by atoms with van der Waals surface area (Å²) in [7, 11) is 0. The van der Waals surface area contributed by atoms with E-state index in [1.165, 1.54) is 11.6 Å². The van der Waals surface area contributed by atoms with Crippen molar-refractivity contribution in [2.24, 2.45) is 11.3 Å². The lowest BCUT2D eigenvalue weighted by atomic mass is 9.72. The van der Waals surface area contributed by atoms with Gasteiger partial charge in [-0.2, -0.15) is 0 Å². The predicted octanol–water partition coefficient (Wildman–Crippen LogP) is 4.27. The molecular weight excluding hydrogens is 348 g/mol. The maximum Gasteiger partial charge on any atom is 0.162 e. The zero-order chi connectivity index (χ0) is 18.7. The van der Waals surface area contributed by atoms with Gasteiger partial charge in [-0.15, -0.1) is 0 Å². The standard InChI is InChI=1S/C22H25F2NO2/c23-20-7-6-19(12-21(20)24)27-15-18-14-25(13-17-4-2-1-3-5-17)16-22(18)8-10-26-11-9-22/h1-7,12,18H,8-11,13-16H2. The molecule has 2 aliphatic heterocycles. The molecule has 2 aliphatic rings. The van der Waals surface area contributed by atoms with Gasteiger partial charge in [-0.25, -0.2) is 8.78 Å². The molecule has 2 heterocycles. The number of hydrogen-bond acceptors (Lipinski definition) is 3. The van der Waals surface area contributed by atoms with E-state index in [4.69, 9.17) is 9.47 Å². The zero-order valence-corrected chi connectivity index (χ0v) is 15.4. The molecule has 0 N–H and O–H groups in total. The Balaban J connectivity index is 1.45. The second-order valence-electron chi connectivity index (χ2n) is 7.71. The maximum atomic E-state index is 13.5. The summed E-state index contributed by atoms with van der Waals surface area (Å²) in [6, 6.07) is 14.2. The highest BCUT2D eigenvalue weighted by atomic mass is 19.2. The van der Waals surface area contributed by atoms with Crippen molar-refractivity contribution in [3.05, 3.63) is 65.7 Å². The minimum absolute atomic E-state index is 0.172. The van der Waals surface area contributed by atoms with E-state index in [1.807, 2.05) is 6.07 Å². The lowest BCUT2D eigenvalue weighted by Gasteiger charge is -2.38. The van der Waals surface area contributed by atoms with Crippen molar-refractivity contribution in [1.82, 2.24) is 4.90 Å². The smallest absolute Gasteiger partial charge is 0.162 e. The highest BCUT2D eigenvalue weighted by Crippen LogP contribution is 2.44. The van der Waals surface area contributed by atoms with Crippen LogP contribution in [-0.4, -0.2) is 37.8 Å². The Kier molecular flexibility index (Phi) is 5.41. The normalized spacial score (nSPS) is 22.2. The van der Waals surface area contributed by atoms with Gasteiger partial charge in [-0.1, -0.05) is 30.3 Å². The second kappa shape index (κ2) is 7.95. The van der Waals surface area contributed by atoms with Crippen LogP contribution in [0.1, 0.15) is 18.4 Å². The summed E-state index contributed by atoms with van der Waals surface area (Å²) in [5, 5.41) is 0. The van der Waals surface area contributed by atoms with Crippen LogP contribution >= 0.6 is 0 Å². The summed E-state index contributed by atoms with van der Waals surface area (Å²) < 4.78 is 38.1. The maximum absolute atomic E-state index is 13.5. The lowest BCUT2D eigenvalue weighted by molar-refractivity contribution is -0.00943. The first-order chi connectivity index (χ1) is 13.1. The molecule has 0 radical (unpaired) electrons. The van der Waals surface area contributed by atoms with Crippen molar-refractivity contribution in [1.29, 1.82) is 0 Å². The van der Waals surface area contributed by atoms with E-state index in [0.29, 0.717) is 18.3 Å². The van der Waals surface area contributed by atoms with Gasteiger partial charge in [0.15, 0.2) is 11.6 Å². The van der Waals surface area contributed by atoms with Crippen LogP contribution in [-0.2, 0) is 11.3 Å². The summed E-state index contributed by atoms with van der Waals surface area (Å²) in [5.74, 6) is -0.987. The number of benzene rings is 2. The molecule has 0 amide bonds. The highest BCUT2D eigenvalue weighted by Gasteiger charge is 2.47. The summed E-state index contributed by atoms with van der Waals surface area (Å²) in [6.07, 6.45) is 2.04. The molecule has 2 aromatic carbocycles. The van der Waals surface area contributed by atoms with Crippen molar-refractivity contribution in [3.63, 3.8) is 0 Å². The predicted molar refractivity (Wildman–Crippen MR) is 99.5 cm³/mol. The van der Waals surface area contributed by atoms with Gasteiger partial charge in [-0.3, -0.25) is 4.90 Å². The molecule has 0 bridgehead atoms. The number of hydrogen-bond donors (Lipinski definition) is 0. The minimum atomic E-state index is -0.870. The average Bonchev–Trinajstić information content (AvgIpc) is 3.00. The monoisotopic (exact) mass is 373 g/mol. The van der Waals surface area contributed by atoms with Crippen molar-refractivity contribution < 1.29 is 18.3 Å². The van der Waals surface area contributed by atoms with Gasteiger partial charge in [0.25, 0.3) is 0 Å². The fraction of sp³-hybridized carbons (Fsp3) is 0.455. The van der Waals surface area contributed by atoms with E-state index >= 15 is 0 Å². The quantitative estimate of drug-likeness (QED) is 0.781. The largest absolute Gasteiger partial charge is 0.493 e. The molecule has 144 valence electrons. The molecule has 27 heavy (non-hydrogen) atoms. The van der Waals surface area contributed by atoms with Crippen molar-refractivity contribution in [2.75, 3.05) is 32.9 Å². The van der Waals surface area contributed by atoms with Crippen LogP contribution in [0.3, 0.4) is 0 Å². The molecule has 2 fully saturated rings. The molecule has 4 rings (SSSR count). The number of halogens is 2. The molecule has 2 aromatic rings. The van der Waals surface area contributed by atoms with Gasteiger partial charge >= 0.3 is 0 Å². The van der Waals surface area contributed by atoms with Gasteiger partial charge in [0.2, 0.25) is 0 Å². The molecule has 1 spiro atoms. The highest BCUT2D eigenvalue weighted by molar-refractivity contribution is 5.23. The van der Waals surface area contributed by atoms with E-state index in [9.17, 15) is 8.78 Å². The number of rotatable bonds is 5. The van der Waals surface area contributed by atoms with Gasteiger partial charge in [0, 0.05) is 44.8 Å². The summed E-state index contributed by atoms with van der Waals surface area (Å²) in [6.45, 7) is 4.96. The Morgan fingerprint density at radius 1 is 1.04 bits per heavy atom. The molecule has 0 aromatic heterocycles. The molecule has 5 heteroatoms. The Morgan fingerprint density at radius 2 is 1.81 bits per heavy atom. The van der Waals surface area contributed by atoms with Crippen LogP contribution in [0.4, 0.5) is 8.78 Å². The lowest BCUT2D eigenvalue weighted by Crippen LogP contribution is -2.39. The van der Waals surface area contributed by atoms with E-state index in [2.05, 4.69) is 29.2 Å². The van der Waals surface area contributed by atoms with Crippen LogP contribution in [0.15, 0.2) is 48.5 Å². The van der Waals surface area contributed by atoms with Crippen LogP contribution in [0.2, 0.25) is 0 Å². The Hall–Kier alpha value is -1.98. The first kappa shape index (κ1) is 18.4. The molecule has 0 saturated carbocycles. The third kappa shape index (κ3) is 4.14. The van der Waals surface area contributed by atoms with E-state index in [0.717, 1.165) is 57.8 Å². The van der Waals surface area contributed by atoms with Crippen LogP contribution in [0.25, 0.3) is 0 Å². The molecule has 2 saturated heterocycles. The number of nitrogens with zero attached hydrogens (tertiary/aromatic N) is 1. The minimum Gasteiger partial charge on any atom is -0.493 e. The first-order valence-corrected chi connectivity index (χ1v) is 9.56.